The summed E-state index contributed by atoms with van der Waals surface area (Å²) < 4.78 is 44.5. The van der Waals surface area contributed by atoms with Gasteiger partial charge < -0.3 is 14.8 Å². The van der Waals surface area contributed by atoms with Gasteiger partial charge in [-0.25, -0.2) is 0 Å². The van der Waals surface area contributed by atoms with Crippen molar-refractivity contribution in [1.82, 2.24) is 20.1 Å². The molecule has 1 aromatic heterocycles. The third-order valence-corrected chi connectivity index (χ3v) is 9.28. The quantitative estimate of drug-likeness (QED) is 0.394. The number of hydrogen-bond acceptors (Lipinski definition) is 4. The monoisotopic (exact) mass is 537 g/mol. The molecule has 2 aromatic carbocycles. The van der Waals surface area contributed by atoms with Crippen molar-refractivity contribution < 1.29 is 18.0 Å². The highest BCUT2D eigenvalue weighted by molar-refractivity contribution is 6.10. The molecule has 0 atom stereocenters. The smallest absolute Gasteiger partial charge is 0.320 e. The van der Waals surface area contributed by atoms with E-state index >= 15 is 0 Å². The molecule has 1 aliphatic heterocycles. The van der Waals surface area contributed by atoms with Gasteiger partial charge in [-0.15, -0.1) is 10.2 Å². The van der Waals surface area contributed by atoms with Gasteiger partial charge in [0.2, 0.25) is 0 Å². The maximum Gasteiger partial charge on any atom is 0.416 e. The van der Waals surface area contributed by atoms with Crippen LogP contribution in [-0.4, -0.2) is 26.2 Å². The van der Waals surface area contributed by atoms with Gasteiger partial charge in [0.25, 0.3) is 5.91 Å². The molecule has 2 saturated carbocycles. The second-order valence-electron chi connectivity index (χ2n) is 11.9. The summed E-state index contributed by atoms with van der Waals surface area (Å²) in [5, 5.41) is 11.9. The Kier molecular flexibility index (Phi) is 6.13. The minimum atomic E-state index is -4.55. The number of nitrogens with zero attached hydrogens (tertiary/aromatic N) is 4. The van der Waals surface area contributed by atoms with Crippen molar-refractivity contribution in [3.63, 3.8) is 0 Å². The number of anilines is 1. The second-order valence-corrected chi connectivity index (χ2v) is 11.9. The summed E-state index contributed by atoms with van der Waals surface area (Å²) >= 11 is 0. The fourth-order valence-corrected chi connectivity index (χ4v) is 6.68. The highest BCUT2D eigenvalue weighted by Gasteiger charge is 2.49. The number of rotatable bonds is 7. The zero-order valence-corrected chi connectivity index (χ0v) is 22.6. The van der Waals surface area contributed by atoms with E-state index in [2.05, 4.69) is 29.4 Å². The number of nitrogens with one attached hydrogen (secondary N) is 1. The van der Waals surface area contributed by atoms with E-state index in [-0.39, 0.29) is 28.6 Å². The molecule has 3 aromatic rings. The molecule has 6 nitrogen and oxygen atoms in total. The number of aromatic nitrogens is 3. The molecule has 1 N–H and O–H groups in total. The number of amides is 1. The van der Waals surface area contributed by atoms with Crippen LogP contribution in [0.3, 0.4) is 0 Å². The second kappa shape index (κ2) is 9.18. The van der Waals surface area contributed by atoms with Crippen LogP contribution in [0.1, 0.15) is 90.8 Å². The van der Waals surface area contributed by atoms with Gasteiger partial charge >= 0.3 is 6.18 Å². The van der Waals surface area contributed by atoms with Crippen molar-refractivity contribution in [1.29, 1.82) is 0 Å². The predicted octanol–water partition coefficient (Wildman–Crippen LogP) is 6.13. The highest BCUT2D eigenvalue weighted by atomic mass is 19.4. The maximum absolute atomic E-state index is 14.2. The minimum absolute atomic E-state index is 0.0502. The van der Waals surface area contributed by atoms with Crippen LogP contribution in [0.15, 0.2) is 42.7 Å². The molecule has 0 spiro atoms. The number of hydrogen-bond donors (Lipinski definition) is 1. The van der Waals surface area contributed by atoms with E-state index in [4.69, 9.17) is 0 Å². The largest absolute Gasteiger partial charge is 0.416 e. The third kappa shape index (κ3) is 4.35. The number of aryl methyl sites for hydroxylation is 1. The number of carbonyl (C=O) groups is 1. The van der Waals surface area contributed by atoms with Crippen LogP contribution < -0.4 is 10.2 Å². The van der Waals surface area contributed by atoms with E-state index in [0.717, 1.165) is 49.9 Å². The van der Waals surface area contributed by atoms with E-state index in [1.54, 1.807) is 18.5 Å². The molecule has 0 radical (unpaired) electrons. The molecule has 3 aliphatic rings. The zero-order chi connectivity index (χ0) is 27.6. The van der Waals surface area contributed by atoms with Crippen molar-refractivity contribution in [3.8, 4) is 0 Å². The van der Waals surface area contributed by atoms with Crippen molar-refractivity contribution in [2.24, 2.45) is 13.0 Å². The number of alkyl halides is 3. The van der Waals surface area contributed by atoms with Gasteiger partial charge in [0.1, 0.15) is 12.2 Å². The van der Waals surface area contributed by atoms with Gasteiger partial charge in [-0.3, -0.25) is 4.79 Å². The third-order valence-electron chi connectivity index (χ3n) is 9.28. The number of halogens is 3. The summed E-state index contributed by atoms with van der Waals surface area (Å²) in [6, 6.07) is 10.5. The summed E-state index contributed by atoms with van der Waals surface area (Å²) in [4.78, 5) is 15.1. The molecule has 2 heterocycles. The fraction of sp³-hybridized carbons (Fsp3) is 0.500. The summed E-state index contributed by atoms with van der Waals surface area (Å²) in [5.41, 5.74) is 1.19. The lowest BCUT2D eigenvalue weighted by atomic mass is 9.57. The SMILES string of the molecule is CC[C@H]1C[C@](c2cccc(N3Cc4c(cc(CNC5(C)CCC5)cc4C(F)(F)F)C3=O)c2)(c2nncn2C)C1. The molecule has 2 fully saturated rings. The minimum Gasteiger partial charge on any atom is -0.320 e. The van der Waals surface area contributed by atoms with Gasteiger partial charge in [-0.05, 0) is 85.9 Å². The average molecular weight is 538 g/mol. The number of carbonyl (C=O) groups excluding carboxylic acids is 1. The van der Waals surface area contributed by atoms with Crippen molar-refractivity contribution in [3.05, 3.63) is 76.4 Å². The summed E-state index contributed by atoms with van der Waals surface area (Å²) in [6.45, 7) is 4.46. The van der Waals surface area contributed by atoms with Crippen LogP contribution in [0.4, 0.5) is 18.9 Å². The first-order valence-electron chi connectivity index (χ1n) is 13.8. The van der Waals surface area contributed by atoms with Crippen LogP contribution in [0.5, 0.6) is 0 Å². The molecule has 0 unspecified atom stereocenters. The van der Waals surface area contributed by atoms with Crippen molar-refractivity contribution in [2.45, 2.75) is 82.6 Å². The first-order chi connectivity index (χ1) is 18.5. The van der Waals surface area contributed by atoms with Crippen LogP contribution in [0.2, 0.25) is 0 Å². The van der Waals surface area contributed by atoms with Crippen LogP contribution in [-0.2, 0) is 31.7 Å². The molecular formula is C30H34F3N5O. The van der Waals surface area contributed by atoms with E-state index in [1.807, 2.05) is 29.8 Å². The van der Waals surface area contributed by atoms with Crippen molar-refractivity contribution in [2.75, 3.05) is 4.90 Å². The lowest BCUT2D eigenvalue weighted by Gasteiger charge is -2.47. The highest BCUT2D eigenvalue weighted by Crippen LogP contribution is 2.53. The van der Waals surface area contributed by atoms with E-state index in [1.165, 1.54) is 11.0 Å². The predicted molar refractivity (Wildman–Crippen MR) is 142 cm³/mol. The fourth-order valence-electron chi connectivity index (χ4n) is 6.68. The Morgan fingerprint density at radius 3 is 2.54 bits per heavy atom. The topological polar surface area (TPSA) is 63.1 Å². The summed E-state index contributed by atoms with van der Waals surface area (Å²) in [5.74, 6) is 1.04. The molecule has 39 heavy (non-hydrogen) atoms. The molecule has 0 saturated heterocycles. The maximum atomic E-state index is 14.2. The summed E-state index contributed by atoms with van der Waals surface area (Å²) in [7, 11) is 1.93. The zero-order valence-electron chi connectivity index (χ0n) is 22.6. The lowest BCUT2D eigenvalue weighted by Crippen LogP contribution is -2.47. The molecule has 0 bridgehead atoms. The van der Waals surface area contributed by atoms with Gasteiger partial charge in [-0.1, -0.05) is 25.5 Å². The molecule has 9 heteroatoms. The van der Waals surface area contributed by atoms with Gasteiger partial charge in [0.05, 0.1) is 17.5 Å². The molecule has 6 rings (SSSR count). The van der Waals surface area contributed by atoms with Gasteiger partial charge in [0, 0.05) is 30.4 Å². The van der Waals surface area contributed by atoms with E-state index < -0.39 is 17.6 Å². The Morgan fingerprint density at radius 2 is 1.92 bits per heavy atom. The van der Waals surface area contributed by atoms with E-state index in [0.29, 0.717) is 23.7 Å². The number of fused-ring (bicyclic) bond motifs is 1. The summed E-state index contributed by atoms with van der Waals surface area (Å²) in [6.07, 6.45) is 3.17. The lowest BCUT2D eigenvalue weighted by molar-refractivity contribution is -0.138. The van der Waals surface area contributed by atoms with Gasteiger partial charge in [0.15, 0.2) is 0 Å². The number of benzene rings is 2. The Bertz CT molecular complexity index is 1420. The van der Waals surface area contributed by atoms with E-state index in [9.17, 15) is 18.0 Å². The van der Waals surface area contributed by atoms with Crippen LogP contribution >= 0.6 is 0 Å². The first kappa shape index (κ1) is 26.0. The Balaban J connectivity index is 1.34. The molecule has 1 amide bonds. The molecule has 2 aliphatic carbocycles. The standard InChI is InChI=1S/C30H34F3N5O/c1-4-19-14-29(15-19,27-36-35-18-37(27)3)21-7-5-8-22(13-21)38-17-24-23(26(38)39)11-20(12-25(24)30(31,32)33)16-34-28(2)9-6-10-28/h5,7-8,11-13,18-19,34H,4,6,9-10,14-17H2,1-3H3/t19-,29-. The Labute approximate surface area is 226 Å². The molecular weight excluding hydrogens is 503 g/mol. The first-order valence-corrected chi connectivity index (χ1v) is 13.8. The molecule has 206 valence electrons. The van der Waals surface area contributed by atoms with Crippen LogP contribution in [0.25, 0.3) is 0 Å². The van der Waals surface area contributed by atoms with Crippen LogP contribution in [0, 0.1) is 5.92 Å². The Morgan fingerprint density at radius 1 is 1.15 bits per heavy atom. The van der Waals surface area contributed by atoms with Crippen molar-refractivity contribution >= 4 is 11.6 Å². The van der Waals surface area contributed by atoms with Gasteiger partial charge in [-0.2, -0.15) is 13.2 Å². The Hall–Kier alpha value is -3.20. The normalized spacial score (nSPS) is 23.9. The average Bonchev–Trinajstić information content (AvgIpc) is 3.44.